The number of benzene rings is 2. The molecule has 1 aromatic carbocycles. The Morgan fingerprint density at radius 3 is 2.74 bits per heavy atom. The molecule has 2 aromatic rings. The van der Waals surface area contributed by atoms with E-state index in [1.54, 1.807) is 6.20 Å². The van der Waals surface area contributed by atoms with Gasteiger partial charge in [0, 0.05) is 30.4 Å². The fraction of sp³-hybridized carbons (Fsp3) is 0.360. The number of fused-ring (bicyclic) bond motifs is 1. The molecule has 6 nitrogen and oxygen atoms in total. The molecule has 1 heterocycles. The van der Waals surface area contributed by atoms with Crippen LogP contribution in [0.1, 0.15) is 24.5 Å². The lowest BCUT2D eigenvalue weighted by molar-refractivity contribution is 0.344. The molecule has 0 amide bonds. The zero-order valence-corrected chi connectivity index (χ0v) is 18.4. The number of nitrogens with zero attached hydrogens (tertiary/aromatic N) is 3. The van der Waals surface area contributed by atoms with Gasteiger partial charge in [0.2, 0.25) is 5.95 Å². The summed E-state index contributed by atoms with van der Waals surface area (Å²) in [6.07, 6.45) is 3.85. The third kappa shape index (κ3) is 5.21. The Bertz CT molecular complexity index is 1040. The van der Waals surface area contributed by atoms with Crippen LogP contribution in [-0.4, -0.2) is 53.2 Å². The topological polar surface area (TPSA) is 73.3 Å². The van der Waals surface area contributed by atoms with Crippen molar-refractivity contribution in [3.63, 3.8) is 0 Å². The fourth-order valence-electron chi connectivity index (χ4n) is 3.77. The lowest BCUT2D eigenvalue weighted by atomic mass is 9.84. The van der Waals surface area contributed by atoms with Crippen LogP contribution < -0.4 is 10.6 Å². The summed E-state index contributed by atoms with van der Waals surface area (Å²) < 4.78 is 0. The molecule has 0 spiro atoms. The highest BCUT2D eigenvalue weighted by atomic mass is 16.3. The van der Waals surface area contributed by atoms with E-state index in [9.17, 15) is 5.11 Å². The van der Waals surface area contributed by atoms with Gasteiger partial charge in [-0.15, -0.1) is 0 Å². The number of aromatic nitrogens is 2. The Balaban J connectivity index is 1.28. The quantitative estimate of drug-likeness (QED) is 0.304. The zero-order valence-electron chi connectivity index (χ0n) is 18.4. The summed E-state index contributed by atoms with van der Waals surface area (Å²) in [7, 11) is 2.16. The van der Waals surface area contributed by atoms with Crippen LogP contribution in [-0.2, 0) is 13.0 Å². The van der Waals surface area contributed by atoms with E-state index in [-0.39, 0.29) is 0 Å². The van der Waals surface area contributed by atoms with Crippen LogP contribution in [0.5, 0.6) is 5.75 Å². The minimum atomic E-state index is 0.407. The maximum Gasteiger partial charge on any atom is 0.223 e. The predicted molar refractivity (Wildman–Crippen MR) is 126 cm³/mol. The van der Waals surface area contributed by atoms with Crippen molar-refractivity contribution in [2.75, 3.05) is 38.5 Å². The molecule has 4 rings (SSSR count). The van der Waals surface area contributed by atoms with Crippen molar-refractivity contribution < 1.29 is 5.11 Å². The first kappa shape index (κ1) is 21.3. The van der Waals surface area contributed by atoms with Crippen molar-refractivity contribution in [2.45, 2.75) is 26.3 Å². The normalized spacial score (nSPS) is 11.7. The molecule has 3 N–H and O–H groups in total. The summed E-state index contributed by atoms with van der Waals surface area (Å²) in [5, 5.41) is 16.3. The molecular formula is C25H31N5O. The largest absolute Gasteiger partial charge is 0.507 e. The Kier molecular flexibility index (Phi) is 6.79. The molecule has 31 heavy (non-hydrogen) atoms. The fourth-order valence-corrected chi connectivity index (χ4v) is 3.77. The second kappa shape index (κ2) is 9.90. The number of hydrogen-bond acceptors (Lipinski definition) is 6. The van der Waals surface area contributed by atoms with Crippen LogP contribution in [0.15, 0.2) is 48.7 Å². The molecule has 0 saturated carbocycles. The minimum absolute atomic E-state index is 0.407. The van der Waals surface area contributed by atoms with Crippen molar-refractivity contribution in [3.8, 4) is 28.1 Å². The van der Waals surface area contributed by atoms with Gasteiger partial charge < -0.3 is 20.6 Å². The number of rotatable bonds is 12. The first-order chi connectivity index (χ1) is 15.1. The van der Waals surface area contributed by atoms with Crippen LogP contribution in [0.2, 0.25) is 0 Å². The molecule has 0 fully saturated rings. The van der Waals surface area contributed by atoms with Crippen LogP contribution in [0.25, 0.3) is 22.4 Å². The Hall–Kier alpha value is -2.96. The SMILES string of the molecule is CCN(C)CCCNCc1cccc(-c2ccnc(NCCc3cc4c(O)cc3-4)n2)c1. The second-order valence-electron chi connectivity index (χ2n) is 8.10. The molecule has 2 aliphatic carbocycles. The van der Waals surface area contributed by atoms with Crippen LogP contribution in [0.4, 0.5) is 5.95 Å². The summed E-state index contributed by atoms with van der Waals surface area (Å²) >= 11 is 0. The molecule has 2 aliphatic rings. The first-order valence-corrected chi connectivity index (χ1v) is 11.1. The van der Waals surface area contributed by atoms with E-state index in [1.165, 1.54) is 16.7 Å². The first-order valence-electron chi connectivity index (χ1n) is 11.1. The van der Waals surface area contributed by atoms with Gasteiger partial charge in [-0.2, -0.15) is 0 Å². The molecule has 162 valence electrons. The van der Waals surface area contributed by atoms with Gasteiger partial charge >= 0.3 is 0 Å². The average molecular weight is 418 g/mol. The third-order valence-electron chi connectivity index (χ3n) is 5.83. The zero-order chi connectivity index (χ0) is 21.6. The summed E-state index contributed by atoms with van der Waals surface area (Å²) in [5.74, 6) is 1.05. The number of anilines is 1. The lowest BCUT2D eigenvalue weighted by Gasteiger charge is -2.23. The second-order valence-corrected chi connectivity index (χ2v) is 8.10. The Labute approximate surface area is 184 Å². The Morgan fingerprint density at radius 1 is 1.06 bits per heavy atom. The van der Waals surface area contributed by atoms with E-state index in [2.05, 4.69) is 58.8 Å². The maximum absolute atomic E-state index is 9.44. The van der Waals surface area contributed by atoms with Gasteiger partial charge in [-0.3, -0.25) is 0 Å². The summed E-state index contributed by atoms with van der Waals surface area (Å²) in [6.45, 7) is 7.03. The van der Waals surface area contributed by atoms with Crippen LogP contribution in [0.3, 0.4) is 0 Å². The minimum Gasteiger partial charge on any atom is -0.507 e. The molecule has 0 radical (unpaired) electrons. The highest BCUT2D eigenvalue weighted by Crippen LogP contribution is 2.46. The molecule has 1 aromatic heterocycles. The van der Waals surface area contributed by atoms with Crippen molar-refractivity contribution in [2.24, 2.45) is 0 Å². The highest BCUT2D eigenvalue weighted by molar-refractivity contribution is 5.88. The monoisotopic (exact) mass is 417 g/mol. The van der Waals surface area contributed by atoms with Gasteiger partial charge in [-0.25, -0.2) is 9.97 Å². The molecule has 0 atom stereocenters. The predicted octanol–water partition coefficient (Wildman–Crippen LogP) is 3.92. The summed E-state index contributed by atoms with van der Waals surface area (Å²) in [6, 6.07) is 14.3. The molecule has 0 saturated heterocycles. The molecule has 0 bridgehead atoms. The smallest absolute Gasteiger partial charge is 0.223 e. The summed E-state index contributed by atoms with van der Waals surface area (Å²) in [4.78, 5) is 11.4. The molecule has 0 aliphatic heterocycles. The van der Waals surface area contributed by atoms with Gasteiger partial charge in [0.05, 0.1) is 5.69 Å². The number of phenols is 1. The Morgan fingerprint density at radius 2 is 1.97 bits per heavy atom. The van der Waals surface area contributed by atoms with E-state index in [1.807, 2.05) is 18.2 Å². The van der Waals surface area contributed by atoms with Crippen molar-refractivity contribution in [1.82, 2.24) is 20.2 Å². The third-order valence-corrected chi connectivity index (χ3v) is 5.83. The average Bonchev–Trinajstić information content (AvgIpc) is 2.79. The van der Waals surface area contributed by atoms with Crippen LogP contribution in [0, 0.1) is 0 Å². The van der Waals surface area contributed by atoms with Crippen molar-refractivity contribution in [3.05, 3.63) is 59.8 Å². The summed E-state index contributed by atoms with van der Waals surface area (Å²) in [5.41, 5.74) is 6.74. The lowest BCUT2D eigenvalue weighted by Crippen LogP contribution is -2.23. The van der Waals surface area contributed by atoms with Gasteiger partial charge in [-0.1, -0.05) is 25.1 Å². The van der Waals surface area contributed by atoms with E-state index in [0.717, 1.165) is 62.4 Å². The van der Waals surface area contributed by atoms with E-state index in [0.29, 0.717) is 11.7 Å². The standard InChI is InChI=1S/C25H31N5O/c1-3-30(2)13-5-10-26-17-18-6-4-7-20(14-18)23-9-12-28-25(29-23)27-11-8-19-15-22-21(19)16-24(22)31/h4,6-7,9,12,14-16,26,31H,3,5,8,10-11,13,17H2,1-2H3,(H,27,28,29). The molecule has 0 unspecified atom stereocenters. The molecule has 6 heteroatoms. The van der Waals surface area contributed by atoms with Gasteiger partial charge in [0.25, 0.3) is 0 Å². The van der Waals surface area contributed by atoms with Crippen LogP contribution >= 0.6 is 0 Å². The van der Waals surface area contributed by atoms with Crippen molar-refractivity contribution in [1.29, 1.82) is 0 Å². The molecular weight excluding hydrogens is 386 g/mol. The highest BCUT2D eigenvalue weighted by Gasteiger charge is 2.22. The van der Waals surface area contributed by atoms with Gasteiger partial charge in [0.15, 0.2) is 0 Å². The maximum atomic E-state index is 9.44. The number of aromatic hydroxyl groups is 1. The van der Waals surface area contributed by atoms with Crippen molar-refractivity contribution >= 4 is 5.95 Å². The van der Waals surface area contributed by atoms with Gasteiger partial charge in [-0.05, 0) is 80.5 Å². The van der Waals surface area contributed by atoms with E-state index < -0.39 is 0 Å². The number of phenolic OH excluding ortho intramolecular Hbond substituents is 1. The van der Waals surface area contributed by atoms with Gasteiger partial charge in [0.1, 0.15) is 5.75 Å². The van der Waals surface area contributed by atoms with E-state index >= 15 is 0 Å². The number of nitrogens with one attached hydrogen (secondary N) is 2. The van der Waals surface area contributed by atoms with E-state index in [4.69, 9.17) is 4.98 Å². The number of hydrogen-bond donors (Lipinski definition) is 3.